The van der Waals surface area contributed by atoms with Crippen LogP contribution in [-0.2, 0) is 4.79 Å². The first-order valence-electron chi connectivity index (χ1n) is 5.23. The summed E-state index contributed by atoms with van der Waals surface area (Å²) in [5, 5.41) is 7.33. The maximum Gasteiger partial charge on any atom is 0.150 e. The number of hydrazine groups is 1. The van der Waals surface area contributed by atoms with Gasteiger partial charge in [-0.25, -0.2) is 5.01 Å². The van der Waals surface area contributed by atoms with E-state index in [4.69, 9.17) is 0 Å². The summed E-state index contributed by atoms with van der Waals surface area (Å²) in [6.07, 6.45) is 7.89. The normalized spacial score (nSPS) is 27.0. The molecule has 0 aromatic heterocycles. The number of allylic oxidation sites excluding steroid dienone is 2. The molecule has 1 unspecified atom stereocenters. The summed E-state index contributed by atoms with van der Waals surface area (Å²) in [7, 11) is 0. The van der Waals surface area contributed by atoms with E-state index in [0.29, 0.717) is 0 Å². The van der Waals surface area contributed by atoms with Crippen molar-refractivity contribution in [1.82, 2.24) is 15.3 Å². The van der Waals surface area contributed by atoms with Crippen molar-refractivity contribution in [3.63, 3.8) is 0 Å². The van der Waals surface area contributed by atoms with Crippen LogP contribution >= 0.6 is 0 Å². The molecule has 1 N–H and O–H groups in total. The molecule has 0 spiro atoms. The van der Waals surface area contributed by atoms with Crippen LogP contribution in [0.1, 0.15) is 6.92 Å². The highest BCUT2D eigenvalue weighted by molar-refractivity contribution is 5.81. The Bertz CT molecular complexity index is 298. The Kier molecular flexibility index (Phi) is 3.18. The largest absolute Gasteiger partial charge is 0.313 e. The van der Waals surface area contributed by atoms with Gasteiger partial charge < -0.3 is 10.3 Å². The van der Waals surface area contributed by atoms with E-state index in [9.17, 15) is 4.79 Å². The highest BCUT2D eigenvalue weighted by Crippen LogP contribution is 2.14. The van der Waals surface area contributed by atoms with E-state index in [1.54, 1.807) is 6.92 Å². The van der Waals surface area contributed by atoms with Crippen LogP contribution in [0.5, 0.6) is 0 Å². The fourth-order valence-corrected chi connectivity index (χ4v) is 1.88. The number of hydrogen-bond donors (Lipinski definition) is 1. The van der Waals surface area contributed by atoms with Crippen LogP contribution in [0.4, 0.5) is 0 Å². The van der Waals surface area contributed by atoms with Gasteiger partial charge in [0, 0.05) is 25.8 Å². The topological polar surface area (TPSA) is 35.6 Å². The Hall–Kier alpha value is -1.13. The van der Waals surface area contributed by atoms with Gasteiger partial charge in [0.1, 0.15) is 5.78 Å². The minimum absolute atomic E-state index is 0.0499. The fourth-order valence-electron chi connectivity index (χ4n) is 1.88. The number of Topliss-reactive ketones (excluding diaryl/α,β-unsaturated/α-hetero) is 1. The number of rotatable bonds is 2. The quantitative estimate of drug-likeness (QED) is 0.705. The van der Waals surface area contributed by atoms with Gasteiger partial charge in [-0.15, -0.1) is 0 Å². The number of nitrogens with one attached hydrogen (secondary N) is 1. The van der Waals surface area contributed by atoms with Crippen LogP contribution in [0.3, 0.4) is 0 Å². The Morgan fingerprint density at radius 3 is 2.93 bits per heavy atom. The molecule has 4 heteroatoms. The molecule has 2 aliphatic heterocycles. The van der Waals surface area contributed by atoms with Crippen molar-refractivity contribution < 1.29 is 4.79 Å². The zero-order chi connectivity index (χ0) is 10.7. The van der Waals surface area contributed by atoms with Gasteiger partial charge in [0.05, 0.1) is 12.6 Å². The predicted octanol–water partition coefficient (Wildman–Crippen LogP) is 0.311. The van der Waals surface area contributed by atoms with E-state index >= 15 is 0 Å². The van der Waals surface area contributed by atoms with E-state index in [1.807, 2.05) is 36.0 Å². The highest BCUT2D eigenvalue weighted by Gasteiger charge is 2.29. The van der Waals surface area contributed by atoms with Crippen molar-refractivity contribution in [2.75, 3.05) is 19.6 Å². The van der Waals surface area contributed by atoms with Gasteiger partial charge in [-0.05, 0) is 13.0 Å². The SMILES string of the molecule is CC(=O)C1CNCCN1N1[CH]C=CC=C1. The Balaban J connectivity index is 2.07. The van der Waals surface area contributed by atoms with Crippen molar-refractivity contribution in [1.29, 1.82) is 0 Å². The molecule has 4 nitrogen and oxygen atoms in total. The maximum absolute atomic E-state index is 11.5. The van der Waals surface area contributed by atoms with E-state index in [0.717, 1.165) is 19.6 Å². The molecule has 15 heavy (non-hydrogen) atoms. The molecule has 0 saturated carbocycles. The summed E-state index contributed by atoms with van der Waals surface area (Å²) >= 11 is 0. The van der Waals surface area contributed by atoms with Crippen LogP contribution < -0.4 is 5.32 Å². The van der Waals surface area contributed by atoms with Gasteiger partial charge in [0.15, 0.2) is 0 Å². The van der Waals surface area contributed by atoms with E-state index < -0.39 is 0 Å². The molecule has 2 rings (SSSR count). The summed E-state index contributed by atoms with van der Waals surface area (Å²) in [6.45, 7) is 6.14. The number of ketones is 1. The standard InChI is InChI=1S/C11H16N3O/c1-10(15)11-9-12-5-8-14(11)13-6-3-2-4-7-13/h2-4,6-7,11-12H,5,8-9H2,1H3. The fraction of sp³-hybridized carbons (Fsp3) is 0.455. The minimum atomic E-state index is -0.0499. The van der Waals surface area contributed by atoms with E-state index in [1.165, 1.54) is 0 Å². The van der Waals surface area contributed by atoms with Crippen molar-refractivity contribution in [2.45, 2.75) is 13.0 Å². The second-order valence-electron chi connectivity index (χ2n) is 3.75. The van der Waals surface area contributed by atoms with Gasteiger partial charge in [0.25, 0.3) is 0 Å². The lowest BCUT2D eigenvalue weighted by Gasteiger charge is -2.41. The van der Waals surface area contributed by atoms with Gasteiger partial charge in [-0.3, -0.25) is 4.79 Å². The van der Waals surface area contributed by atoms with Gasteiger partial charge in [-0.2, -0.15) is 0 Å². The van der Waals surface area contributed by atoms with Crippen LogP contribution in [0.2, 0.25) is 0 Å². The molecule has 0 bridgehead atoms. The Labute approximate surface area is 90.2 Å². The lowest BCUT2D eigenvalue weighted by molar-refractivity contribution is -0.128. The predicted molar refractivity (Wildman–Crippen MR) is 58.5 cm³/mol. The van der Waals surface area contributed by atoms with Crippen molar-refractivity contribution in [3.8, 4) is 0 Å². The van der Waals surface area contributed by atoms with Crippen LogP contribution in [0.15, 0.2) is 24.4 Å². The average Bonchev–Trinajstić information content (AvgIpc) is 2.30. The molecular formula is C11H16N3O. The number of piperazine rings is 1. The number of carbonyl (C=O) groups is 1. The van der Waals surface area contributed by atoms with Crippen LogP contribution in [-0.4, -0.2) is 41.5 Å². The average molecular weight is 206 g/mol. The molecule has 0 aromatic rings. The second kappa shape index (κ2) is 4.59. The third-order valence-corrected chi connectivity index (χ3v) is 2.68. The third-order valence-electron chi connectivity index (χ3n) is 2.68. The third kappa shape index (κ3) is 2.27. The zero-order valence-corrected chi connectivity index (χ0v) is 8.89. The first-order valence-corrected chi connectivity index (χ1v) is 5.23. The van der Waals surface area contributed by atoms with Crippen LogP contribution in [0, 0.1) is 6.54 Å². The van der Waals surface area contributed by atoms with Gasteiger partial charge >= 0.3 is 0 Å². The Morgan fingerprint density at radius 2 is 2.27 bits per heavy atom. The summed E-state index contributed by atoms with van der Waals surface area (Å²) in [4.78, 5) is 11.5. The Morgan fingerprint density at radius 1 is 1.40 bits per heavy atom. The number of nitrogens with zero attached hydrogens (tertiary/aromatic N) is 2. The molecule has 2 aliphatic rings. The number of carbonyl (C=O) groups excluding carboxylic acids is 1. The zero-order valence-electron chi connectivity index (χ0n) is 8.89. The second-order valence-corrected chi connectivity index (χ2v) is 3.75. The molecule has 81 valence electrons. The molecule has 2 heterocycles. The molecule has 1 saturated heterocycles. The molecule has 1 fully saturated rings. The lowest BCUT2D eigenvalue weighted by Crippen LogP contribution is -2.58. The van der Waals surface area contributed by atoms with Crippen LogP contribution in [0.25, 0.3) is 0 Å². The molecule has 0 aromatic carbocycles. The monoisotopic (exact) mass is 206 g/mol. The molecule has 0 amide bonds. The molecule has 0 aliphatic carbocycles. The summed E-state index contributed by atoms with van der Waals surface area (Å²) in [5.41, 5.74) is 0. The summed E-state index contributed by atoms with van der Waals surface area (Å²) in [6, 6.07) is -0.0499. The van der Waals surface area contributed by atoms with E-state index in [2.05, 4.69) is 10.3 Å². The van der Waals surface area contributed by atoms with E-state index in [-0.39, 0.29) is 11.8 Å². The van der Waals surface area contributed by atoms with Gasteiger partial charge in [0.2, 0.25) is 0 Å². The molecule has 1 atom stereocenters. The summed E-state index contributed by atoms with van der Waals surface area (Å²) in [5.74, 6) is 0.207. The number of hydrogen-bond acceptors (Lipinski definition) is 4. The van der Waals surface area contributed by atoms with Crippen molar-refractivity contribution in [2.24, 2.45) is 0 Å². The highest BCUT2D eigenvalue weighted by atomic mass is 16.1. The van der Waals surface area contributed by atoms with Gasteiger partial charge in [-0.1, -0.05) is 12.2 Å². The minimum Gasteiger partial charge on any atom is -0.313 e. The smallest absolute Gasteiger partial charge is 0.150 e. The molecule has 1 radical (unpaired) electrons. The first-order chi connectivity index (χ1) is 7.29. The lowest BCUT2D eigenvalue weighted by atomic mass is 10.1. The molecular weight excluding hydrogens is 190 g/mol. The van der Waals surface area contributed by atoms with Crippen molar-refractivity contribution >= 4 is 5.78 Å². The maximum atomic E-state index is 11.5. The first kappa shape index (κ1) is 10.4. The summed E-state index contributed by atoms with van der Waals surface area (Å²) < 4.78 is 0. The van der Waals surface area contributed by atoms with Crippen molar-refractivity contribution in [3.05, 3.63) is 31.0 Å².